The summed E-state index contributed by atoms with van der Waals surface area (Å²) >= 11 is 0. The summed E-state index contributed by atoms with van der Waals surface area (Å²) in [6.45, 7) is 11.0. The Hall–Kier alpha value is -3.54. The van der Waals surface area contributed by atoms with Gasteiger partial charge in [-0.3, -0.25) is 4.79 Å². The van der Waals surface area contributed by atoms with Gasteiger partial charge in [0.1, 0.15) is 23.9 Å². The number of esters is 1. The molecule has 0 saturated heterocycles. The van der Waals surface area contributed by atoms with Crippen molar-refractivity contribution >= 4 is 24.4 Å². The highest BCUT2D eigenvalue weighted by atomic mass is 16.8. The highest BCUT2D eigenvalue weighted by molar-refractivity contribution is 5.81. The molecule has 0 radical (unpaired) electrons. The van der Waals surface area contributed by atoms with E-state index in [9.17, 15) is 19.2 Å². The Bertz CT molecular complexity index is 999. The Morgan fingerprint density at radius 2 is 1.32 bits per heavy atom. The molecule has 0 amide bonds. The summed E-state index contributed by atoms with van der Waals surface area (Å²) in [5.41, 5.74) is 5.27. The molecule has 1 aromatic rings. The number of methoxy groups -OCH3 is 1. The average Bonchev–Trinajstić information content (AvgIpc) is 2.88. The second kappa shape index (κ2) is 18.0. The fourth-order valence-corrected chi connectivity index (χ4v) is 4.05. The van der Waals surface area contributed by atoms with Gasteiger partial charge in [0.25, 0.3) is 0 Å². The Balaban J connectivity index is 3.24. The largest absolute Gasteiger partial charge is 0.514 e. The van der Waals surface area contributed by atoms with Gasteiger partial charge in [-0.15, -0.1) is 0 Å². The minimum atomic E-state index is -1.64. The van der Waals surface area contributed by atoms with Crippen LogP contribution in [0.25, 0.3) is 0 Å². The molecule has 12 heteroatoms. The van der Waals surface area contributed by atoms with Gasteiger partial charge in [-0.1, -0.05) is 39.7 Å². The normalized spacial score (nSPS) is 14.4. The molecular weight excluding hydrogens is 538 g/mol. The van der Waals surface area contributed by atoms with Gasteiger partial charge in [0.05, 0.1) is 13.7 Å². The standard InChI is InChI=1S/C29H45NO11/c1-8-11-19(4)37-27(33)40-23-14-13-22(16-24(23)41-28(34)38-20(5)12-9-2)18-29(30,25(31)35-7)17-21(6)39-26(32)36-15-10-3/h13-14,16,19-21H,8-12,15,17-18,30H2,1-7H3/t19-,20?,21-,29?/m0/s1. The Morgan fingerprint density at radius 1 is 0.780 bits per heavy atom. The van der Waals surface area contributed by atoms with Crippen molar-refractivity contribution in [1.82, 2.24) is 0 Å². The lowest BCUT2D eigenvalue weighted by Gasteiger charge is -2.29. The van der Waals surface area contributed by atoms with Gasteiger partial charge in [-0.05, 0) is 57.7 Å². The van der Waals surface area contributed by atoms with E-state index in [-0.39, 0.29) is 37.1 Å². The summed E-state index contributed by atoms with van der Waals surface area (Å²) < 4.78 is 36.3. The van der Waals surface area contributed by atoms with Crippen LogP contribution in [-0.2, 0) is 34.9 Å². The molecule has 0 aliphatic carbocycles. The van der Waals surface area contributed by atoms with E-state index in [0.717, 1.165) is 12.8 Å². The fourth-order valence-electron chi connectivity index (χ4n) is 4.05. The van der Waals surface area contributed by atoms with Gasteiger partial charge >= 0.3 is 24.4 Å². The molecule has 2 unspecified atom stereocenters. The number of carbonyl (C=O) groups excluding carboxylic acids is 4. The van der Waals surface area contributed by atoms with Crippen LogP contribution in [0.3, 0.4) is 0 Å². The number of carbonyl (C=O) groups is 4. The number of ether oxygens (including phenoxy) is 7. The lowest BCUT2D eigenvalue weighted by atomic mass is 9.86. The van der Waals surface area contributed by atoms with Crippen molar-refractivity contribution in [3.05, 3.63) is 23.8 Å². The van der Waals surface area contributed by atoms with E-state index in [1.165, 1.54) is 19.2 Å². The average molecular weight is 584 g/mol. The summed E-state index contributed by atoms with van der Waals surface area (Å²) in [7, 11) is 1.19. The highest BCUT2D eigenvalue weighted by Crippen LogP contribution is 2.32. The Kier molecular flexibility index (Phi) is 15.6. The molecule has 232 valence electrons. The topological polar surface area (TPSA) is 159 Å². The SMILES string of the molecule is CCCOC(=O)O[C@@H](C)CC(N)(Cc1ccc(OC(=O)O[C@@H](C)CCC)c(OC(=O)OC(C)CCC)c1)C(=O)OC. The smallest absolute Gasteiger partial charge is 0.468 e. The summed E-state index contributed by atoms with van der Waals surface area (Å²) in [5.74, 6) is -0.992. The van der Waals surface area contributed by atoms with Gasteiger partial charge in [-0.25, -0.2) is 14.4 Å². The molecule has 1 rings (SSSR count). The van der Waals surface area contributed by atoms with Gasteiger partial charge in [0, 0.05) is 12.8 Å². The summed E-state index contributed by atoms with van der Waals surface area (Å²) in [5, 5.41) is 0. The van der Waals surface area contributed by atoms with Crippen molar-refractivity contribution in [3.8, 4) is 11.5 Å². The van der Waals surface area contributed by atoms with E-state index < -0.39 is 42.2 Å². The van der Waals surface area contributed by atoms with Gasteiger partial charge in [-0.2, -0.15) is 0 Å². The lowest BCUT2D eigenvalue weighted by Crippen LogP contribution is -2.53. The molecular formula is C29H45NO11. The Morgan fingerprint density at radius 3 is 1.83 bits per heavy atom. The number of rotatable bonds is 16. The molecule has 0 aliphatic rings. The first-order valence-corrected chi connectivity index (χ1v) is 14.0. The van der Waals surface area contributed by atoms with Crippen molar-refractivity contribution in [2.45, 2.75) is 110 Å². The number of hydrogen-bond donors (Lipinski definition) is 1. The lowest BCUT2D eigenvalue weighted by molar-refractivity contribution is -0.148. The predicted octanol–water partition coefficient (Wildman–Crippen LogP) is 5.85. The van der Waals surface area contributed by atoms with Gasteiger partial charge in [0.15, 0.2) is 11.5 Å². The molecule has 0 bridgehead atoms. The fraction of sp³-hybridized carbons (Fsp3) is 0.655. The minimum absolute atomic E-state index is 0.0985. The maximum absolute atomic E-state index is 12.7. The molecule has 0 aromatic heterocycles. The monoisotopic (exact) mass is 583 g/mol. The summed E-state index contributed by atoms with van der Waals surface area (Å²) in [6, 6.07) is 4.33. The van der Waals surface area contributed by atoms with Crippen LogP contribution >= 0.6 is 0 Å². The van der Waals surface area contributed by atoms with Crippen LogP contribution in [0.2, 0.25) is 0 Å². The van der Waals surface area contributed by atoms with E-state index >= 15 is 0 Å². The summed E-state index contributed by atoms with van der Waals surface area (Å²) in [6.07, 6.45) is -1.13. The van der Waals surface area contributed by atoms with Crippen LogP contribution in [-0.4, -0.2) is 62.0 Å². The zero-order valence-electron chi connectivity index (χ0n) is 25.2. The highest BCUT2D eigenvalue weighted by Gasteiger charge is 2.38. The van der Waals surface area contributed by atoms with E-state index in [2.05, 4.69) is 0 Å². The molecule has 0 aliphatic heterocycles. The number of nitrogens with two attached hydrogens (primary N) is 1. The van der Waals surface area contributed by atoms with Crippen molar-refractivity contribution in [2.75, 3.05) is 13.7 Å². The summed E-state index contributed by atoms with van der Waals surface area (Å²) in [4.78, 5) is 49.5. The number of benzene rings is 1. The second-order valence-electron chi connectivity index (χ2n) is 9.98. The van der Waals surface area contributed by atoms with Crippen LogP contribution in [0, 0.1) is 0 Å². The molecule has 12 nitrogen and oxygen atoms in total. The van der Waals surface area contributed by atoms with Crippen LogP contribution in [0.1, 0.15) is 85.6 Å². The first-order chi connectivity index (χ1) is 19.4. The zero-order chi connectivity index (χ0) is 31.0. The molecule has 0 heterocycles. The molecule has 0 saturated carbocycles. The number of hydrogen-bond acceptors (Lipinski definition) is 12. The maximum Gasteiger partial charge on any atom is 0.514 e. The third-order valence-corrected chi connectivity index (χ3v) is 5.86. The molecule has 2 N–H and O–H groups in total. The van der Waals surface area contributed by atoms with Crippen molar-refractivity contribution in [2.24, 2.45) is 5.73 Å². The predicted molar refractivity (Wildman–Crippen MR) is 149 cm³/mol. The molecule has 0 fully saturated rings. The van der Waals surface area contributed by atoms with Gasteiger partial charge < -0.3 is 38.9 Å². The molecule has 0 spiro atoms. The van der Waals surface area contributed by atoms with Crippen molar-refractivity contribution in [3.63, 3.8) is 0 Å². The molecule has 1 aromatic carbocycles. The van der Waals surface area contributed by atoms with Crippen LogP contribution in [0.5, 0.6) is 11.5 Å². The van der Waals surface area contributed by atoms with Crippen molar-refractivity contribution < 1.29 is 52.3 Å². The minimum Gasteiger partial charge on any atom is -0.468 e. The van der Waals surface area contributed by atoms with Gasteiger partial charge in [0.2, 0.25) is 0 Å². The van der Waals surface area contributed by atoms with Crippen molar-refractivity contribution in [1.29, 1.82) is 0 Å². The first-order valence-electron chi connectivity index (χ1n) is 14.0. The molecule has 41 heavy (non-hydrogen) atoms. The zero-order valence-corrected chi connectivity index (χ0v) is 25.2. The van der Waals surface area contributed by atoms with Crippen LogP contribution in [0.15, 0.2) is 18.2 Å². The first kappa shape index (κ1) is 35.5. The third-order valence-electron chi connectivity index (χ3n) is 5.86. The quantitative estimate of drug-likeness (QED) is 0.141. The second-order valence-corrected chi connectivity index (χ2v) is 9.98. The third kappa shape index (κ3) is 13.1. The van der Waals surface area contributed by atoms with E-state index in [0.29, 0.717) is 24.8 Å². The molecule has 4 atom stereocenters. The van der Waals surface area contributed by atoms with Crippen LogP contribution in [0.4, 0.5) is 14.4 Å². The Labute approximate surface area is 242 Å². The van der Waals surface area contributed by atoms with E-state index in [1.54, 1.807) is 26.8 Å². The van der Waals surface area contributed by atoms with E-state index in [4.69, 9.17) is 38.9 Å². The maximum atomic E-state index is 12.7. The van der Waals surface area contributed by atoms with E-state index in [1.807, 2.05) is 20.8 Å². The van der Waals surface area contributed by atoms with Crippen LogP contribution < -0.4 is 15.2 Å².